The van der Waals surface area contributed by atoms with Crippen LogP contribution >= 0.6 is 22.9 Å². The van der Waals surface area contributed by atoms with Crippen molar-refractivity contribution in [3.8, 4) is 5.69 Å². The number of aromatic nitrogens is 3. The molecule has 0 saturated heterocycles. The highest BCUT2D eigenvalue weighted by molar-refractivity contribution is 7.08. The number of halogens is 1. The van der Waals surface area contributed by atoms with E-state index in [-0.39, 0.29) is 12.6 Å². The Morgan fingerprint density at radius 3 is 2.95 bits per heavy atom. The number of para-hydroxylation sites is 1. The fourth-order valence-electron chi connectivity index (χ4n) is 1.79. The van der Waals surface area contributed by atoms with Gasteiger partial charge in [-0.05, 0) is 23.6 Å². The molecule has 112 valence electrons. The fraction of sp³-hybridized carbons (Fsp3) is 0.0714. The average molecular weight is 334 g/mol. The predicted molar refractivity (Wildman–Crippen MR) is 86.5 cm³/mol. The molecule has 6 nitrogen and oxygen atoms in total. The number of benzene rings is 1. The molecule has 0 spiro atoms. The topological polar surface area (TPSA) is 71.8 Å². The molecule has 0 unspecified atom stereocenters. The standard InChI is InChI=1S/C14H12ClN5OS/c15-12-3-1-2-4-13(12)17-14(21)16-7-10-8-20(19-18-10)11-5-6-22-9-11/h1-6,8-9H,7H2,(H2,16,17,21). The molecule has 22 heavy (non-hydrogen) atoms. The monoisotopic (exact) mass is 333 g/mol. The third-order valence-electron chi connectivity index (χ3n) is 2.86. The molecule has 2 heterocycles. The first-order chi connectivity index (χ1) is 10.7. The molecule has 0 aliphatic rings. The van der Waals surface area contributed by atoms with Crippen LogP contribution in [0.5, 0.6) is 0 Å². The van der Waals surface area contributed by atoms with Gasteiger partial charge in [0.25, 0.3) is 0 Å². The Balaban J connectivity index is 1.56. The van der Waals surface area contributed by atoms with E-state index in [9.17, 15) is 4.79 Å². The lowest BCUT2D eigenvalue weighted by molar-refractivity contribution is 0.251. The summed E-state index contributed by atoms with van der Waals surface area (Å²) in [6.07, 6.45) is 1.78. The Kier molecular flexibility index (Phi) is 4.36. The van der Waals surface area contributed by atoms with Crippen LogP contribution in [-0.2, 0) is 6.54 Å². The van der Waals surface area contributed by atoms with E-state index in [0.717, 1.165) is 5.69 Å². The van der Waals surface area contributed by atoms with Crippen LogP contribution in [0.25, 0.3) is 5.69 Å². The second kappa shape index (κ2) is 6.59. The molecule has 0 aliphatic heterocycles. The molecular formula is C14H12ClN5OS. The molecule has 0 radical (unpaired) electrons. The zero-order valence-corrected chi connectivity index (χ0v) is 12.9. The third kappa shape index (κ3) is 3.44. The van der Waals surface area contributed by atoms with Crippen molar-refractivity contribution in [3.63, 3.8) is 0 Å². The summed E-state index contributed by atoms with van der Waals surface area (Å²) in [5.74, 6) is 0. The van der Waals surface area contributed by atoms with Gasteiger partial charge in [0.05, 0.1) is 29.1 Å². The van der Waals surface area contributed by atoms with Crippen LogP contribution in [0.4, 0.5) is 10.5 Å². The summed E-state index contributed by atoms with van der Waals surface area (Å²) in [4.78, 5) is 11.8. The molecule has 1 aromatic carbocycles. The van der Waals surface area contributed by atoms with Gasteiger partial charge in [0, 0.05) is 5.38 Å². The first-order valence-electron chi connectivity index (χ1n) is 6.45. The van der Waals surface area contributed by atoms with Crippen molar-refractivity contribution >= 4 is 34.7 Å². The van der Waals surface area contributed by atoms with Gasteiger partial charge in [-0.1, -0.05) is 28.9 Å². The third-order valence-corrected chi connectivity index (χ3v) is 3.86. The Morgan fingerprint density at radius 2 is 2.18 bits per heavy atom. The summed E-state index contributed by atoms with van der Waals surface area (Å²) < 4.78 is 1.67. The highest BCUT2D eigenvalue weighted by Crippen LogP contribution is 2.20. The summed E-state index contributed by atoms with van der Waals surface area (Å²) >= 11 is 7.56. The largest absolute Gasteiger partial charge is 0.332 e. The second-order valence-electron chi connectivity index (χ2n) is 4.42. The lowest BCUT2D eigenvalue weighted by Crippen LogP contribution is -2.28. The van der Waals surface area contributed by atoms with Crippen molar-refractivity contribution in [2.75, 3.05) is 5.32 Å². The van der Waals surface area contributed by atoms with Gasteiger partial charge >= 0.3 is 6.03 Å². The van der Waals surface area contributed by atoms with Crippen LogP contribution in [0.3, 0.4) is 0 Å². The molecule has 0 fully saturated rings. The van der Waals surface area contributed by atoms with E-state index in [4.69, 9.17) is 11.6 Å². The number of nitrogens with one attached hydrogen (secondary N) is 2. The smallest absolute Gasteiger partial charge is 0.319 e. The highest BCUT2D eigenvalue weighted by atomic mass is 35.5. The molecule has 0 bridgehead atoms. The number of amides is 2. The van der Waals surface area contributed by atoms with Gasteiger partial charge in [0.15, 0.2) is 0 Å². The van der Waals surface area contributed by atoms with Crippen molar-refractivity contribution < 1.29 is 4.79 Å². The van der Waals surface area contributed by atoms with Gasteiger partial charge < -0.3 is 10.6 Å². The number of hydrogen-bond donors (Lipinski definition) is 2. The lowest BCUT2D eigenvalue weighted by atomic mass is 10.3. The minimum absolute atomic E-state index is 0.278. The van der Waals surface area contributed by atoms with Crippen molar-refractivity contribution in [1.29, 1.82) is 0 Å². The van der Waals surface area contributed by atoms with Crippen LogP contribution in [0, 0.1) is 0 Å². The minimum atomic E-state index is -0.349. The normalized spacial score (nSPS) is 10.4. The lowest BCUT2D eigenvalue weighted by Gasteiger charge is -2.07. The van der Waals surface area contributed by atoms with E-state index in [0.29, 0.717) is 16.4 Å². The quantitative estimate of drug-likeness (QED) is 0.769. The molecule has 2 aromatic heterocycles. The van der Waals surface area contributed by atoms with Crippen LogP contribution < -0.4 is 10.6 Å². The second-order valence-corrected chi connectivity index (χ2v) is 5.61. The average Bonchev–Trinajstić information content (AvgIpc) is 3.18. The number of carbonyl (C=O) groups excluding carboxylic acids is 1. The van der Waals surface area contributed by atoms with Crippen molar-refractivity contribution in [3.05, 3.63) is 58.0 Å². The summed E-state index contributed by atoms with van der Waals surface area (Å²) in [6.45, 7) is 0.278. The van der Waals surface area contributed by atoms with E-state index in [1.165, 1.54) is 0 Å². The van der Waals surface area contributed by atoms with Crippen LogP contribution in [0.15, 0.2) is 47.3 Å². The van der Waals surface area contributed by atoms with E-state index in [1.807, 2.05) is 16.8 Å². The number of rotatable bonds is 4. The summed E-state index contributed by atoms with van der Waals surface area (Å²) in [5, 5.41) is 17.8. The van der Waals surface area contributed by atoms with Gasteiger partial charge in [-0.25, -0.2) is 9.48 Å². The Hall–Kier alpha value is -2.38. The molecule has 8 heteroatoms. The van der Waals surface area contributed by atoms with Gasteiger partial charge in [-0.15, -0.1) is 5.10 Å². The minimum Gasteiger partial charge on any atom is -0.332 e. The van der Waals surface area contributed by atoms with Gasteiger partial charge in [-0.3, -0.25) is 0 Å². The number of anilines is 1. The van der Waals surface area contributed by atoms with Gasteiger partial charge in [0.2, 0.25) is 0 Å². The van der Waals surface area contributed by atoms with Gasteiger partial charge in [0.1, 0.15) is 5.69 Å². The maximum Gasteiger partial charge on any atom is 0.319 e. The van der Waals surface area contributed by atoms with Crippen molar-refractivity contribution in [2.24, 2.45) is 0 Å². The first kappa shape index (κ1) is 14.6. The van der Waals surface area contributed by atoms with Crippen LogP contribution in [0.2, 0.25) is 5.02 Å². The van der Waals surface area contributed by atoms with Crippen LogP contribution in [0.1, 0.15) is 5.69 Å². The molecule has 2 N–H and O–H groups in total. The van der Waals surface area contributed by atoms with E-state index >= 15 is 0 Å². The van der Waals surface area contributed by atoms with Gasteiger partial charge in [-0.2, -0.15) is 11.3 Å². The number of nitrogens with zero attached hydrogens (tertiary/aromatic N) is 3. The number of urea groups is 1. The fourth-order valence-corrected chi connectivity index (χ4v) is 2.60. The number of thiophene rings is 1. The zero-order valence-electron chi connectivity index (χ0n) is 11.4. The Morgan fingerprint density at radius 1 is 1.32 bits per heavy atom. The summed E-state index contributed by atoms with van der Waals surface area (Å²) in [5.41, 5.74) is 2.17. The molecule has 3 rings (SSSR count). The maximum atomic E-state index is 11.8. The highest BCUT2D eigenvalue weighted by Gasteiger charge is 2.07. The van der Waals surface area contributed by atoms with E-state index in [2.05, 4.69) is 20.9 Å². The number of carbonyl (C=O) groups is 1. The molecular weight excluding hydrogens is 322 g/mol. The molecule has 0 aliphatic carbocycles. The predicted octanol–water partition coefficient (Wildman–Crippen LogP) is 3.30. The summed E-state index contributed by atoms with van der Waals surface area (Å²) in [6, 6.07) is 8.64. The molecule has 3 aromatic rings. The Bertz CT molecular complexity index is 771. The maximum absolute atomic E-state index is 11.8. The SMILES string of the molecule is O=C(NCc1cn(-c2ccsc2)nn1)Nc1ccccc1Cl. The molecule has 0 saturated carbocycles. The van der Waals surface area contributed by atoms with Crippen molar-refractivity contribution in [1.82, 2.24) is 20.3 Å². The van der Waals surface area contributed by atoms with E-state index in [1.54, 1.807) is 46.5 Å². The molecule has 0 atom stereocenters. The molecule has 2 amide bonds. The number of hydrogen-bond acceptors (Lipinski definition) is 4. The Labute approximate surface area is 135 Å². The van der Waals surface area contributed by atoms with Crippen LogP contribution in [-0.4, -0.2) is 21.0 Å². The van der Waals surface area contributed by atoms with Crippen molar-refractivity contribution in [2.45, 2.75) is 6.54 Å². The zero-order chi connectivity index (χ0) is 15.4. The first-order valence-corrected chi connectivity index (χ1v) is 7.77. The summed E-state index contributed by atoms with van der Waals surface area (Å²) in [7, 11) is 0. The van der Waals surface area contributed by atoms with E-state index < -0.39 is 0 Å².